The summed E-state index contributed by atoms with van der Waals surface area (Å²) in [5.74, 6) is -0.553. The number of methoxy groups -OCH3 is 1. The van der Waals surface area contributed by atoms with Gasteiger partial charge in [-0.15, -0.1) is 0 Å². The summed E-state index contributed by atoms with van der Waals surface area (Å²) < 4.78 is 4.64. The molecule has 0 saturated carbocycles. The second-order valence-electron chi connectivity index (χ2n) is 5.94. The Kier molecular flexibility index (Phi) is 7.09. The highest BCUT2D eigenvalue weighted by atomic mass is 16.5. The molecule has 1 N–H and O–H groups in total. The van der Waals surface area contributed by atoms with Crippen molar-refractivity contribution in [2.24, 2.45) is 0 Å². The number of hydrogen-bond donors (Lipinski definition) is 1. The molecule has 0 atom stereocenters. The number of carbonyl (C=O) groups excluding carboxylic acids is 2. The number of pyridine rings is 1. The second-order valence-corrected chi connectivity index (χ2v) is 5.94. The number of amides is 1. The molecule has 0 unspecified atom stereocenters. The Morgan fingerprint density at radius 1 is 1.27 bits per heavy atom. The third-order valence-corrected chi connectivity index (χ3v) is 3.95. The SMILES string of the molecule is CCC/C=C(\C)C(=O)NCc1cc2ccccc2nc1/C=C/C(=O)OC. The van der Waals surface area contributed by atoms with Gasteiger partial charge in [-0.05, 0) is 37.1 Å². The maximum absolute atomic E-state index is 12.2. The van der Waals surface area contributed by atoms with Crippen molar-refractivity contribution >= 4 is 28.9 Å². The van der Waals surface area contributed by atoms with Crippen molar-refractivity contribution in [2.75, 3.05) is 7.11 Å². The Labute approximate surface area is 153 Å². The molecule has 1 aromatic heterocycles. The van der Waals surface area contributed by atoms with Gasteiger partial charge in [0.15, 0.2) is 0 Å². The zero-order chi connectivity index (χ0) is 18.9. The van der Waals surface area contributed by atoms with Crippen molar-refractivity contribution in [2.45, 2.75) is 33.2 Å². The van der Waals surface area contributed by atoms with Crippen molar-refractivity contribution < 1.29 is 14.3 Å². The van der Waals surface area contributed by atoms with Crippen LogP contribution in [0.5, 0.6) is 0 Å². The van der Waals surface area contributed by atoms with E-state index in [1.165, 1.54) is 13.2 Å². The van der Waals surface area contributed by atoms with Gasteiger partial charge < -0.3 is 10.1 Å². The first-order valence-corrected chi connectivity index (χ1v) is 8.64. The Morgan fingerprint density at radius 3 is 2.77 bits per heavy atom. The fourth-order valence-corrected chi connectivity index (χ4v) is 2.44. The van der Waals surface area contributed by atoms with E-state index in [1.807, 2.05) is 43.3 Å². The van der Waals surface area contributed by atoms with Crippen molar-refractivity contribution in [3.8, 4) is 0 Å². The molecular weight excluding hydrogens is 328 g/mol. The van der Waals surface area contributed by atoms with Crippen LogP contribution in [0.1, 0.15) is 37.9 Å². The summed E-state index contributed by atoms with van der Waals surface area (Å²) in [7, 11) is 1.33. The molecule has 1 heterocycles. The van der Waals surface area contributed by atoms with Crippen LogP contribution in [0.15, 0.2) is 48.1 Å². The minimum Gasteiger partial charge on any atom is -0.466 e. The summed E-state index contributed by atoms with van der Waals surface area (Å²) in [4.78, 5) is 28.2. The van der Waals surface area contributed by atoms with Gasteiger partial charge in [-0.3, -0.25) is 4.79 Å². The van der Waals surface area contributed by atoms with Gasteiger partial charge in [0.25, 0.3) is 0 Å². The fraction of sp³-hybridized carbons (Fsp3) is 0.286. The number of ether oxygens (including phenoxy) is 1. The molecule has 2 rings (SSSR count). The lowest BCUT2D eigenvalue weighted by Crippen LogP contribution is -2.24. The maximum atomic E-state index is 12.2. The average molecular weight is 352 g/mol. The monoisotopic (exact) mass is 352 g/mol. The normalized spacial score (nSPS) is 11.7. The number of para-hydroxylation sites is 1. The zero-order valence-electron chi connectivity index (χ0n) is 15.4. The number of nitrogens with zero attached hydrogens (tertiary/aromatic N) is 1. The molecule has 0 radical (unpaired) electrons. The summed E-state index contributed by atoms with van der Waals surface area (Å²) in [5.41, 5.74) is 2.99. The standard InChI is InChI=1S/C21H24N2O3/c1-4-5-8-15(2)21(25)22-14-17-13-16-9-6-7-10-18(16)23-19(17)11-12-20(24)26-3/h6-13H,4-5,14H2,1-3H3,(H,22,25)/b12-11+,15-8+. The number of nitrogens with one attached hydrogen (secondary N) is 1. The predicted octanol–water partition coefficient (Wildman–Crippen LogP) is 3.78. The molecule has 0 bridgehead atoms. The van der Waals surface area contributed by atoms with Gasteiger partial charge in [0, 0.05) is 23.6 Å². The van der Waals surface area contributed by atoms with E-state index < -0.39 is 5.97 Å². The molecule has 1 amide bonds. The van der Waals surface area contributed by atoms with Crippen molar-refractivity contribution in [3.63, 3.8) is 0 Å². The molecule has 2 aromatic rings. The minimum absolute atomic E-state index is 0.102. The first-order chi connectivity index (χ1) is 12.5. The van der Waals surface area contributed by atoms with Crippen LogP contribution in [0.2, 0.25) is 0 Å². The van der Waals surface area contributed by atoms with Gasteiger partial charge in [0.1, 0.15) is 0 Å². The molecule has 0 aliphatic carbocycles. The van der Waals surface area contributed by atoms with Gasteiger partial charge in [0.2, 0.25) is 5.91 Å². The number of fused-ring (bicyclic) bond motifs is 1. The molecule has 136 valence electrons. The predicted molar refractivity (Wildman–Crippen MR) is 103 cm³/mol. The summed E-state index contributed by atoms with van der Waals surface area (Å²) in [5, 5.41) is 3.89. The van der Waals surface area contributed by atoms with Gasteiger partial charge in [-0.25, -0.2) is 9.78 Å². The van der Waals surface area contributed by atoms with E-state index in [1.54, 1.807) is 6.08 Å². The van der Waals surface area contributed by atoms with Gasteiger partial charge in [-0.1, -0.05) is 37.6 Å². The molecule has 1 aromatic carbocycles. The van der Waals surface area contributed by atoms with Crippen molar-refractivity contribution in [1.29, 1.82) is 0 Å². The zero-order valence-corrected chi connectivity index (χ0v) is 15.4. The van der Waals surface area contributed by atoms with E-state index in [4.69, 9.17) is 0 Å². The van der Waals surface area contributed by atoms with Gasteiger partial charge in [0.05, 0.1) is 18.3 Å². The number of unbranched alkanes of at least 4 members (excludes halogenated alkanes) is 1. The lowest BCUT2D eigenvalue weighted by atomic mass is 10.1. The smallest absolute Gasteiger partial charge is 0.330 e. The van der Waals surface area contributed by atoms with E-state index in [0.717, 1.165) is 29.3 Å². The van der Waals surface area contributed by atoms with E-state index in [0.29, 0.717) is 17.8 Å². The highest BCUT2D eigenvalue weighted by Gasteiger charge is 2.09. The van der Waals surface area contributed by atoms with Crippen molar-refractivity contribution in [3.05, 3.63) is 59.3 Å². The Bertz CT molecular complexity index is 853. The quantitative estimate of drug-likeness (QED) is 0.608. The molecule has 0 saturated heterocycles. The molecule has 26 heavy (non-hydrogen) atoms. The van der Waals surface area contributed by atoms with Gasteiger partial charge in [-0.2, -0.15) is 0 Å². The number of allylic oxidation sites excluding steroid dienone is 1. The largest absolute Gasteiger partial charge is 0.466 e. The van der Waals surface area contributed by atoms with Crippen LogP contribution in [0, 0.1) is 0 Å². The Balaban J connectivity index is 2.27. The third-order valence-electron chi connectivity index (χ3n) is 3.95. The summed E-state index contributed by atoms with van der Waals surface area (Å²) >= 11 is 0. The average Bonchev–Trinajstić information content (AvgIpc) is 2.67. The summed E-state index contributed by atoms with van der Waals surface area (Å²) in [6, 6.07) is 9.70. The van der Waals surface area contributed by atoms with Crippen LogP contribution in [0.4, 0.5) is 0 Å². The van der Waals surface area contributed by atoms with Crippen LogP contribution in [0.25, 0.3) is 17.0 Å². The second kappa shape index (κ2) is 9.51. The highest BCUT2D eigenvalue weighted by molar-refractivity contribution is 5.93. The van der Waals surface area contributed by atoms with Gasteiger partial charge >= 0.3 is 5.97 Å². The van der Waals surface area contributed by atoms with Crippen LogP contribution in [-0.2, 0) is 20.9 Å². The minimum atomic E-state index is -0.451. The first kappa shape index (κ1) is 19.4. The lowest BCUT2D eigenvalue weighted by Gasteiger charge is -2.10. The number of carbonyl (C=O) groups is 2. The molecule has 5 heteroatoms. The molecule has 0 aliphatic rings. The number of esters is 1. The molecule has 0 fully saturated rings. The van der Waals surface area contributed by atoms with E-state index in [-0.39, 0.29) is 5.91 Å². The lowest BCUT2D eigenvalue weighted by molar-refractivity contribution is -0.134. The Hall–Kier alpha value is -2.95. The topological polar surface area (TPSA) is 68.3 Å². The molecule has 5 nitrogen and oxygen atoms in total. The first-order valence-electron chi connectivity index (χ1n) is 8.64. The highest BCUT2D eigenvalue weighted by Crippen LogP contribution is 2.18. The fourth-order valence-electron chi connectivity index (χ4n) is 2.44. The number of benzene rings is 1. The molecule has 0 spiro atoms. The van der Waals surface area contributed by atoms with Crippen LogP contribution >= 0.6 is 0 Å². The number of rotatable bonds is 7. The van der Waals surface area contributed by atoms with Crippen LogP contribution in [-0.4, -0.2) is 24.0 Å². The van der Waals surface area contributed by atoms with Crippen LogP contribution in [0.3, 0.4) is 0 Å². The molecular formula is C21H24N2O3. The summed E-state index contributed by atoms with van der Waals surface area (Å²) in [6.45, 7) is 4.21. The summed E-state index contributed by atoms with van der Waals surface area (Å²) in [6.07, 6.45) is 6.76. The van der Waals surface area contributed by atoms with E-state index in [2.05, 4.69) is 22.0 Å². The third kappa shape index (κ3) is 5.28. The maximum Gasteiger partial charge on any atom is 0.330 e. The van der Waals surface area contributed by atoms with Crippen molar-refractivity contribution in [1.82, 2.24) is 10.3 Å². The number of hydrogen-bond acceptors (Lipinski definition) is 4. The van der Waals surface area contributed by atoms with E-state index in [9.17, 15) is 9.59 Å². The number of aromatic nitrogens is 1. The van der Waals surface area contributed by atoms with Crippen LogP contribution < -0.4 is 5.32 Å². The Morgan fingerprint density at radius 2 is 2.04 bits per heavy atom. The van der Waals surface area contributed by atoms with E-state index >= 15 is 0 Å². The molecule has 0 aliphatic heterocycles.